The molecule has 1 atom stereocenters. The van der Waals surface area contributed by atoms with Gasteiger partial charge in [-0.3, -0.25) is 4.89 Å². The van der Waals surface area contributed by atoms with Gasteiger partial charge in [-0.1, -0.05) is 43.7 Å². The molecule has 112 valence electrons. The summed E-state index contributed by atoms with van der Waals surface area (Å²) in [6.45, 7) is 2.14. The zero-order chi connectivity index (χ0) is 15.1. The summed E-state index contributed by atoms with van der Waals surface area (Å²) >= 11 is 0. The van der Waals surface area contributed by atoms with Crippen LogP contribution in [0.3, 0.4) is 0 Å². The third-order valence-corrected chi connectivity index (χ3v) is 3.81. The molecule has 0 amide bonds. The zero-order valence-electron chi connectivity index (χ0n) is 11.9. The smallest absolute Gasteiger partial charge is 0.395 e. The van der Waals surface area contributed by atoms with Gasteiger partial charge in [0.15, 0.2) is 0 Å². The number of phosphoric ester groups is 1. The van der Waals surface area contributed by atoms with Gasteiger partial charge in [0.2, 0.25) is 0 Å². The van der Waals surface area contributed by atoms with Crippen LogP contribution in [0.4, 0.5) is 0 Å². The molecule has 2 aromatic rings. The molecule has 0 bridgehead atoms. The number of unbranched alkanes of at least 4 members (excludes halogenated alkanes) is 1. The van der Waals surface area contributed by atoms with E-state index in [0.29, 0.717) is 11.5 Å². The molecule has 5 heteroatoms. The van der Waals surface area contributed by atoms with Gasteiger partial charge in [0, 0.05) is 0 Å². The van der Waals surface area contributed by atoms with Gasteiger partial charge >= 0.3 is 7.82 Å². The van der Waals surface area contributed by atoms with Gasteiger partial charge in [-0.05, 0) is 42.7 Å². The molecule has 1 N–H and O–H groups in total. The third-order valence-electron chi connectivity index (χ3n) is 2.93. The average Bonchev–Trinajstić information content (AvgIpc) is 2.47. The number of phosphoric acid groups is 1. The van der Waals surface area contributed by atoms with Crippen molar-refractivity contribution >= 4 is 7.82 Å². The monoisotopic (exact) mass is 306 g/mol. The summed E-state index contributed by atoms with van der Waals surface area (Å²) in [6, 6.07) is 15.6. The minimum atomic E-state index is -4.17. The second kappa shape index (κ2) is 7.30. The molecule has 2 rings (SSSR count). The van der Waals surface area contributed by atoms with Gasteiger partial charge in [-0.15, -0.1) is 0 Å². The summed E-state index contributed by atoms with van der Waals surface area (Å²) in [7, 11) is -4.17. The summed E-state index contributed by atoms with van der Waals surface area (Å²) < 4.78 is 22.0. The molecule has 0 aromatic heterocycles. The van der Waals surface area contributed by atoms with Crippen LogP contribution in [0.15, 0.2) is 54.6 Å². The number of rotatable bonds is 7. The molecular formula is C16H19O4P. The topological polar surface area (TPSA) is 55.8 Å². The molecule has 0 aliphatic rings. The summed E-state index contributed by atoms with van der Waals surface area (Å²) in [5, 5.41) is 0. The Morgan fingerprint density at radius 1 is 0.952 bits per heavy atom. The van der Waals surface area contributed by atoms with E-state index in [1.165, 1.54) is 5.56 Å². The molecule has 0 fully saturated rings. The van der Waals surface area contributed by atoms with Crippen molar-refractivity contribution in [2.75, 3.05) is 0 Å². The van der Waals surface area contributed by atoms with Crippen molar-refractivity contribution in [3.05, 3.63) is 60.2 Å². The van der Waals surface area contributed by atoms with Crippen molar-refractivity contribution in [2.24, 2.45) is 0 Å². The van der Waals surface area contributed by atoms with Gasteiger partial charge in [-0.2, -0.15) is 0 Å². The predicted octanol–water partition coefficient (Wildman–Crippen LogP) is 4.59. The number of para-hydroxylation sites is 1. The molecule has 0 saturated carbocycles. The molecule has 0 radical (unpaired) electrons. The maximum absolute atomic E-state index is 11.9. The second-order valence-electron chi connectivity index (χ2n) is 4.71. The van der Waals surface area contributed by atoms with Crippen LogP contribution in [-0.2, 0) is 11.0 Å². The van der Waals surface area contributed by atoms with E-state index in [1.807, 2.05) is 12.1 Å². The van der Waals surface area contributed by atoms with Crippen LogP contribution >= 0.6 is 7.82 Å². The lowest BCUT2D eigenvalue weighted by molar-refractivity contribution is 0.291. The minimum Gasteiger partial charge on any atom is -0.395 e. The molecule has 0 heterocycles. The first kappa shape index (κ1) is 15.6. The number of hydrogen-bond acceptors (Lipinski definition) is 3. The van der Waals surface area contributed by atoms with Gasteiger partial charge in [0.25, 0.3) is 0 Å². The normalized spacial score (nSPS) is 13.4. The lowest BCUT2D eigenvalue weighted by atomic mass is 10.1. The van der Waals surface area contributed by atoms with Crippen molar-refractivity contribution < 1.29 is 18.5 Å². The fourth-order valence-electron chi connectivity index (χ4n) is 1.86. The Kier molecular flexibility index (Phi) is 5.43. The molecule has 0 saturated heterocycles. The van der Waals surface area contributed by atoms with Crippen LogP contribution in [0.5, 0.6) is 11.5 Å². The van der Waals surface area contributed by atoms with Gasteiger partial charge in [-0.25, -0.2) is 4.57 Å². The van der Waals surface area contributed by atoms with Gasteiger partial charge in [0.1, 0.15) is 11.5 Å². The lowest BCUT2D eigenvalue weighted by Gasteiger charge is -2.14. The lowest BCUT2D eigenvalue weighted by Crippen LogP contribution is -1.99. The van der Waals surface area contributed by atoms with Gasteiger partial charge < -0.3 is 9.05 Å². The molecular weight excluding hydrogens is 287 g/mol. The van der Waals surface area contributed by atoms with Crippen molar-refractivity contribution in [1.82, 2.24) is 0 Å². The molecule has 2 aromatic carbocycles. The van der Waals surface area contributed by atoms with Crippen molar-refractivity contribution in [3.63, 3.8) is 0 Å². The first-order chi connectivity index (χ1) is 10.1. The third kappa shape index (κ3) is 5.25. The van der Waals surface area contributed by atoms with Crippen LogP contribution in [0, 0.1) is 0 Å². The van der Waals surface area contributed by atoms with E-state index >= 15 is 0 Å². The highest BCUT2D eigenvalue weighted by atomic mass is 31.2. The maximum atomic E-state index is 11.9. The second-order valence-corrected chi connectivity index (χ2v) is 6.01. The summed E-state index contributed by atoms with van der Waals surface area (Å²) in [5.74, 6) is 0.611. The Morgan fingerprint density at radius 2 is 1.52 bits per heavy atom. The molecule has 0 aliphatic heterocycles. The Bertz CT molecular complexity index is 595. The predicted molar refractivity (Wildman–Crippen MR) is 82.6 cm³/mol. The van der Waals surface area contributed by atoms with Crippen LogP contribution in [0.25, 0.3) is 0 Å². The van der Waals surface area contributed by atoms with Crippen LogP contribution in [0.1, 0.15) is 25.3 Å². The van der Waals surface area contributed by atoms with E-state index in [-0.39, 0.29) is 0 Å². The van der Waals surface area contributed by atoms with E-state index < -0.39 is 7.82 Å². The number of aryl methyl sites for hydroxylation is 1. The highest BCUT2D eigenvalue weighted by Gasteiger charge is 2.24. The summed E-state index contributed by atoms with van der Waals surface area (Å²) in [4.78, 5) is 9.74. The summed E-state index contributed by atoms with van der Waals surface area (Å²) in [5.41, 5.74) is 1.18. The number of benzene rings is 2. The van der Waals surface area contributed by atoms with Crippen molar-refractivity contribution in [3.8, 4) is 11.5 Å². The molecule has 4 nitrogen and oxygen atoms in total. The van der Waals surface area contributed by atoms with Crippen molar-refractivity contribution in [2.45, 2.75) is 26.2 Å². The highest BCUT2D eigenvalue weighted by Crippen LogP contribution is 2.44. The van der Waals surface area contributed by atoms with Crippen LogP contribution < -0.4 is 9.05 Å². The fourth-order valence-corrected chi connectivity index (χ4v) is 2.68. The van der Waals surface area contributed by atoms with Gasteiger partial charge in [0.05, 0.1) is 0 Å². The Hall–Kier alpha value is -1.77. The zero-order valence-corrected chi connectivity index (χ0v) is 12.8. The van der Waals surface area contributed by atoms with Crippen LogP contribution in [0.2, 0.25) is 0 Å². The van der Waals surface area contributed by atoms with Crippen molar-refractivity contribution in [1.29, 1.82) is 0 Å². The maximum Gasteiger partial charge on any atom is 0.584 e. The van der Waals surface area contributed by atoms with E-state index in [1.54, 1.807) is 42.5 Å². The first-order valence-corrected chi connectivity index (χ1v) is 8.44. The van der Waals surface area contributed by atoms with E-state index in [2.05, 4.69) is 6.92 Å². The molecule has 21 heavy (non-hydrogen) atoms. The Balaban J connectivity index is 1.98. The average molecular weight is 306 g/mol. The SMILES string of the molecule is CCCCc1ccc(OP(=O)(O)Oc2ccccc2)cc1. The highest BCUT2D eigenvalue weighted by molar-refractivity contribution is 7.48. The molecule has 0 aliphatic carbocycles. The standard InChI is InChI=1S/C16H19O4P/c1-2-3-7-14-10-12-16(13-11-14)20-21(17,18)19-15-8-5-4-6-9-15/h4-6,8-13H,2-3,7H2,1H3,(H,17,18). The Morgan fingerprint density at radius 3 is 2.10 bits per heavy atom. The molecule has 1 unspecified atom stereocenters. The largest absolute Gasteiger partial charge is 0.584 e. The van der Waals surface area contributed by atoms with E-state index in [9.17, 15) is 9.46 Å². The first-order valence-electron chi connectivity index (χ1n) is 6.95. The van der Waals surface area contributed by atoms with E-state index in [4.69, 9.17) is 9.05 Å². The Labute approximate surface area is 125 Å². The van der Waals surface area contributed by atoms with E-state index in [0.717, 1.165) is 19.3 Å². The fraction of sp³-hybridized carbons (Fsp3) is 0.250. The number of hydrogen-bond donors (Lipinski definition) is 1. The summed E-state index contributed by atoms with van der Waals surface area (Å²) in [6.07, 6.45) is 3.25. The molecule has 0 spiro atoms. The van der Waals surface area contributed by atoms with Crippen LogP contribution in [-0.4, -0.2) is 4.89 Å². The minimum absolute atomic E-state index is 0.294. The quantitative estimate of drug-likeness (QED) is 0.760.